The minimum absolute atomic E-state index is 0.0582. The highest BCUT2D eigenvalue weighted by Crippen LogP contribution is 2.15. The molecule has 5 heteroatoms. The zero-order chi connectivity index (χ0) is 12.0. The topological polar surface area (TPSA) is 70.2 Å². The van der Waals surface area contributed by atoms with Crippen molar-refractivity contribution in [1.82, 2.24) is 5.32 Å². The highest BCUT2D eigenvalue weighted by Gasteiger charge is 2.01. The smallest absolute Gasteiger partial charge is 0.318 e. The number of carbonyl (C=O) groups is 2. The molecule has 0 spiro atoms. The van der Waals surface area contributed by atoms with Gasteiger partial charge < -0.3 is 16.0 Å². The number of nitrogens with one attached hydrogen (secondary N) is 3. The zero-order valence-electron chi connectivity index (χ0n) is 9.33. The fourth-order valence-corrected chi connectivity index (χ4v) is 1.12. The minimum Gasteiger partial charge on any atom is -0.341 e. The molecule has 0 aliphatic carbocycles. The third-order valence-electron chi connectivity index (χ3n) is 1.95. The first-order chi connectivity index (χ1) is 7.65. The van der Waals surface area contributed by atoms with Crippen LogP contribution in [0, 0.1) is 0 Å². The van der Waals surface area contributed by atoms with Gasteiger partial charge in [0.1, 0.15) is 0 Å². The average molecular weight is 221 g/mol. The molecule has 86 valence electrons. The van der Waals surface area contributed by atoms with E-state index in [0.29, 0.717) is 17.8 Å². The maximum absolute atomic E-state index is 11.2. The first-order valence-electron chi connectivity index (χ1n) is 5.04. The molecule has 0 radical (unpaired) electrons. The van der Waals surface area contributed by atoms with Gasteiger partial charge in [0.15, 0.2) is 0 Å². The number of anilines is 2. The van der Waals surface area contributed by atoms with E-state index < -0.39 is 0 Å². The first-order valence-corrected chi connectivity index (χ1v) is 5.04. The maximum Gasteiger partial charge on any atom is 0.318 e. The van der Waals surface area contributed by atoms with Crippen molar-refractivity contribution in [1.29, 1.82) is 0 Å². The van der Waals surface area contributed by atoms with Crippen LogP contribution in [0.25, 0.3) is 0 Å². The van der Waals surface area contributed by atoms with Gasteiger partial charge in [-0.3, -0.25) is 4.79 Å². The van der Waals surface area contributed by atoms with Gasteiger partial charge in [-0.1, -0.05) is 13.0 Å². The molecule has 0 unspecified atom stereocenters. The van der Waals surface area contributed by atoms with Crippen LogP contribution < -0.4 is 16.0 Å². The summed E-state index contributed by atoms with van der Waals surface area (Å²) in [6, 6.07) is 6.68. The summed E-state index contributed by atoms with van der Waals surface area (Å²) >= 11 is 0. The van der Waals surface area contributed by atoms with E-state index in [1.165, 1.54) is 7.05 Å². The summed E-state index contributed by atoms with van der Waals surface area (Å²) in [5.74, 6) is -0.0582. The summed E-state index contributed by atoms with van der Waals surface area (Å²) in [4.78, 5) is 22.2. The van der Waals surface area contributed by atoms with Crippen LogP contribution in [0.15, 0.2) is 24.3 Å². The van der Waals surface area contributed by atoms with Crippen molar-refractivity contribution in [3.05, 3.63) is 24.3 Å². The molecular formula is C11H15N3O2. The largest absolute Gasteiger partial charge is 0.341 e. The van der Waals surface area contributed by atoms with Crippen LogP contribution in [0.3, 0.4) is 0 Å². The van der Waals surface area contributed by atoms with Gasteiger partial charge in [0.05, 0.1) is 0 Å². The number of urea groups is 1. The van der Waals surface area contributed by atoms with E-state index in [2.05, 4.69) is 16.0 Å². The van der Waals surface area contributed by atoms with Crippen molar-refractivity contribution in [2.45, 2.75) is 13.3 Å². The van der Waals surface area contributed by atoms with E-state index in [4.69, 9.17) is 0 Å². The molecule has 0 atom stereocenters. The van der Waals surface area contributed by atoms with Crippen LogP contribution in [0.1, 0.15) is 13.3 Å². The third-order valence-corrected chi connectivity index (χ3v) is 1.95. The predicted molar refractivity (Wildman–Crippen MR) is 63.4 cm³/mol. The summed E-state index contributed by atoms with van der Waals surface area (Å²) in [6.07, 6.45) is 0.424. The van der Waals surface area contributed by atoms with Crippen LogP contribution >= 0.6 is 0 Å². The van der Waals surface area contributed by atoms with Gasteiger partial charge in [0.25, 0.3) is 0 Å². The Morgan fingerprint density at radius 2 is 1.81 bits per heavy atom. The van der Waals surface area contributed by atoms with Crippen molar-refractivity contribution < 1.29 is 9.59 Å². The second kappa shape index (κ2) is 5.75. The fraction of sp³-hybridized carbons (Fsp3) is 0.273. The molecule has 1 aromatic carbocycles. The van der Waals surface area contributed by atoms with Gasteiger partial charge in [-0.25, -0.2) is 4.79 Å². The van der Waals surface area contributed by atoms with E-state index >= 15 is 0 Å². The van der Waals surface area contributed by atoms with E-state index in [-0.39, 0.29) is 11.9 Å². The summed E-state index contributed by atoms with van der Waals surface area (Å²) < 4.78 is 0. The van der Waals surface area contributed by atoms with E-state index in [9.17, 15) is 9.59 Å². The van der Waals surface area contributed by atoms with Crippen LogP contribution in [-0.2, 0) is 4.79 Å². The third kappa shape index (κ3) is 3.61. The molecule has 1 aromatic rings. The number of benzene rings is 1. The molecule has 0 saturated heterocycles. The lowest BCUT2D eigenvalue weighted by molar-refractivity contribution is -0.115. The molecule has 0 aliphatic heterocycles. The monoisotopic (exact) mass is 221 g/mol. The molecule has 0 aromatic heterocycles. The molecule has 1 rings (SSSR count). The number of hydrogen-bond acceptors (Lipinski definition) is 2. The summed E-state index contributed by atoms with van der Waals surface area (Å²) in [5.41, 5.74) is 1.30. The van der Waals surface area contributed by atoms with E-state index in [0.717, 1.165) is 0 Å². The molecule has 0 bridgehead atoms. The zero-order valence-corrected chi connectivity index (χ0v) is 9.33. The van der Waals surface area contributed by atoms with E-state index in [1.54, 1.807) is 31.2 Å². The Kier molecular flexibility index (Phi) is 4.32. The Hall–Kier alpha value is -2.04. The van der Waals surface area contributed by atoms with Crippen molar-refractivity contribution in [3.63, 3.8) is 0 Å². The van der Waals surface area contributed by atoms with Gasteiger partial charge in [-0.15, -0.1) is 0 Å². The SMILES string of the molecule is CCC(=O)Nc1cccc(NC(=O)NC)c1. The van der Waals surface area contributed by atoms with Crippen LogP contribution in [0.5, 0.6) is 0 Å². The Morgan fingerprint density at radius 1 is 1.19 bits per heavy atom. The lowest BCUT2D eigenvalue weighted by atomic mass is 10.2. The highest BCUT2D eigenvalue weighted by molar-refractivity contribution is 5.93. The Bertz CT molecular complexity index is 357. The molecular weight excluding hydrogens is 206 g/mol. The Labute approximate surface area is 94.2 Å². The van der Waals surface area contributed by atoms with Crippen LogP contribution in [0.2, 0.25) is 0 Å². The lowest BCUT2D eigenvalue weighted by Crippen LogP contribution is -2.24. The normalized spacial score (nSPS) is 9.38. The standard InChI is InChI=1S/C11H15N3O2/c1-3-10(15)13-8-5-4-6-9(7-8)14-11(16)12-2/h4-7H,3H2,1-2H3,(H,13,15)(H2,12,14,16). The van der Waals surface area contributed by atoms with Gasteiger partial charge in [-0.05, 0) is 18.2 Å². The quantitative estimate of drug-likeness (QED) is 0.728. The number of carbonyl (C=O) groups excluding carboxylic acids is 2. The maximum atomic E-state index is 11.2. The Balaban J connectivity index is 2.71. The summed E-state index contributed by atoms with van der Waals surface area (Å²) in [6.45, 7) is 1.78. The van der Waals surface area contributed by atoms with Crippen molar-refractivity contribution in [2.24, 2.45) is 0 Å². The number of hydrogen-bond donors (Lipinski definition) is 3. The van der Waals surface area contributed by atoms with E-state index in [1.807, 2.05) is 0 Å². The van der Waals surface area contributed by atoms with Gasteiger partial charge in [-0.2, -0.15) is 0 Å². The van der Waals surface area contributed by atoms with Gasteiger partial charge >= 0.3 is 6.03 Å². The second-order valence-corrected chi connectivity index (χ2v) is 3.19. The fourth-order valence-electron chi connectivity index (χ4n) is 1.12. The average Bonchev–Trinajstić information content (AvgIpc) is 2.29. The number of amides is 3. The second-order valence-electron chi connectivity index (χ2n) is 3.19. The Morgan fingerprint density at radius 3 is 2.38 bits per heavy atom. The lowest BCUT2D eigenvalue weighted by Gasteiger charge is -2.07. The number of rotatable bonds is 3. The molecule has 3 amide bonds. The van der Waals surface area contributed by atoms with Gasteiger partial charge in [0, 0.05) is 24.8 Å². The van der Waals surface area contributed by atoms with Crippen LogP contribution in [0.4, 0.5) is 16.2 Å². The molecule has 0 fully saturated rings. The molecule has 0 aliphatic rings. The predicted octanol–water partition coefficient (Wildman–Crippen LogP) is 1.79. The molecule has 3 N–H and O–H groups in total. The highest BCUT2D eigenvalue weighted by atomic mass is 16.2. The van der Waals surface area contributed by atoms with Crippen molar-refractivity contribution >= 4 is 23.3 Å². The molecule has 0 heterocycles. The van der Waals surface area contributed by atoms with Crippen molar-refractivity contribution in [2.75, 3.05) is 17.7 Å². The molecule has 16 heavy (non-hydrogen) atoms. The van der Waals surface area contributed by atoms with Crippen molar-refractivity contribution in [3.8, 4) is 0 Å². The molecule has 0 saturated carbocycles. The van der Waals surface area contributed by atoms with Crippen LogP contribution in [-0.4, -0.2) is 19.0 Å². The summed E-state index contributed by atoms with van der Waals surface area (Å²) in [7, 11) is 1.54. The first kappa shape index (κ1) is 12.0. The minimum atomic E-state index is -0.293. The molecule has 5 nitrogen and oxygen atoms in total. The van der Waals surface area contributed by atoms with Gasteiger partial charge in [0.2, 0.25) is 5.91 Å². The summed E-state index contributed by atoms with van der Waals surface area (Å²) in [5, 5.41) is 7.78.